The SMILES string of the molecule is COc1cc(/C=N/NC(=O)c2ccc(Cl)c([N+](=O)[O-])c2)cc(OC)c1OC. The van der Waals surface area contributed by atoms with E-state index in [0.717, 1.165) is 6.07 Å². The van der Waals surface area contributed by atoms with Crippen molar-refractivity contribution in [2.45, 2.75) is 0 Å². The molecule has 0 heterocycles. The predicted molar refractivity (Wildman–Crippen MR) is 99.3 cm³/mol. The van der Waals surface area contributed by atoms with Crippen LogP contribution < -0.4 is 19.6 Å². The number of benzene rings is 2. The van der Waals surface area contributed by atoms with Crippen molar-refractivity contribution in [1.29, 1.82) is 0 Å². The summed E-state index contributed by atoms with van der Waals surface area (Å²) in [6, 6.07) is 7.00. The number of methoxy groups -OCH3 is 3. The normalized spacial score (nSPS) is 10.5. The van der Waals surface area contributed by atoms with Crippen LogP contribution in [-0.4, -0.2) is 38.4 Å². The average molecular weight is 394 g/mol. The molecule has 0 bridgehead atoms. The number of carbonyl (C=O) groups excluding carboxylic acids is 1. The summed E-state index contributed by atoms with van der Waals surface area (Å²) in [5.74, 6) is 0.657. The lowest BCUT2D eigenvalue weighted by Crippen LogP contribution is -2.17. The first kappa shape index (κ1) is 20.0. The van der Waals surface area contributed by atoms with Gasteiger partial charge in [-0.1, -0.05) is 11.6 Å². The number of rotatable bonds is 7. The summed E-state index contributed by atoms with van der Waals surface area (Å²) >= 11 is 5.73. The number of carbonyl (C=O) groups is 1. The molecule has 1 N–H and O–H groups in total. The highest BCUT2D eigenvalue weighted by Gasteiger charge is 2.16. The highest BCUT2D eigenvalue weighted by Crippen LogP contribution is 2.37. The maximum absolute atomic E-state index is 12.1. The Morgan fingerprint density at radius 2 is 1.78 bits per heavy atom. The molecule has 1 amide bonds. The van der Waals surface area contributed by atoms with Crippen LogP contribution in [0.15, 0.2) is 35.4 Å². The monoisotopic (exact) mass is 393 g/mol. The molecule has 0 aliphatic carbocycles. The van der Waals surface area contributed by atoms with Gasteiger partial charge >= 0.3 is 0 Å². The van der Waals surface area contributed by atoms with E-state index in [0.29, 0.717) is 22.8 Å². The lowest BCUT2D eigenvalue weighted by atomic mass is 10.2. The van der Waals surface area contributed by atoms with Crippen molar-refractivity contribution in [1.82, 2.24) is 5.43 Å². The Labute approximate surface area is 159 Å². The summed E-state index contributed by atoms with van der Waals surface area (Å²) < 4.78 is 15.7. The summed E-state index contributed by atoms with van der Waals surface area (Å²) in [6.07, 6.45) is 1.37. The van der Waals surface area contributed by atoms with Gasteiger partial charge in [0.2, 0.25) is 5.75 Å². The molecule has 0 aromatic heterocycles. The number of hydrogen-bond donors (Lipinski definition) is 1. The number of nitro benzene ring substituents is 1. The molecule has 0 fully saturated rings. The van der Waals surface area contributed by atoms with E-state index < -0.39 is 10.8 Å². The molecular formula is C17H16ClN3O6. The Hall–Kier alpha value is -3.33. The minimum Gasteiger partial charge on any atom is -0.493 e. The van der Waals surface area contributed by atoms with E-state index in [9.17, 15) is 14.9 Å². The first-order valence-corrected chi connectivity index (χ1v) is 7.86. The van der Waals surface area contributed by atoms with Gasteiger partial charge in [0, 0.05) is 17.2 Å². The summed E-state index contributed by atoms with van der Waals surface area (Å²) in [5, 5.41) is 14.7. The highest BCUT2D eigenvalue weighted by molar-refractivity contribution is 6.32. The third-order valence-corrected chi connectivity index (χ3v) is 3.79. The second-order valence-corrected chi connectivity index (χ2v) is 5.49. The number of hydrazone groups is 1. The first-order chi connectivity index (χ1) is 12.9. The average Bonchev–Trinajstić information content (AvgIpc) is 2.66. The van der Waals surface area contributed by atoms with E-state index in [2.05, 4.69) is 10.5 Å². The number of halogens is 1. The van der Waals surface area contributed by atoms with Gasteiger partial charge in [0.25, 0.3) is 11.6 Å². The van der Waals surface area contributed by atoms with Crippen molar-refractivity contribution in [3.05, 3.63) is 56.6 Å². The van der Waals surface area contributed by atoms with E-state index in [1.165, 1.54) is 39.7 Å². The molecule has 2 aromatic carbocycles. The predicted octanol–water partition coefficient (Wildman–Crippen LogP) is 3.04. The number of amides is 1. The molecule has 27 heavy (non-hydrogen) atoms. The number of nitrogens with one attached hydrogen (secondary N) is 1. The van der Waals surface area contributed by atoms with Crippen LogP contribution in [-0.2, 0) is 0 Å². The van der Waals surface area contributed by atoms with Crippen LogP contribution in [0.2, 0.25) is 5.02 Å². The molecule has 0 aliphatic rings. The zero-order valence-corrected chi connectivity index (χ0v) is 15.4. The Kier molecular flexibility index (Phi) is 6.56. The molecule has 10 heteroatoms. The molecule has 9 nitrogen and oxygen atoms in total. The molecule has 0 saturated heterocycles. The van der Waals surface area contributed by atoms with Gasteiger partial charge < -0.3 is 14.2 Å². The van der Waals surface area contributed by atoms with Crippen molar-refractivity contribution < 1.29 is 23.9 Å². The van der Waals surface area contributed by atoms with Gasteiger partial charge in [0.1, 0.15) is 5.02 Å². The van der Waals surface area contributed by atoms with Crippen LogP contribution in [0.3, 0.4) is 0 Å². The van der Waals surface area contributed by atoms with E-state index >= 15 is 0 Å². The lowest BCUT2D eigenvalue weighted by Gasteiger charge is -2.12. The summed E-state index contributed by atoms with van der Waals surface area (Å²) in [5.41, 5.74) is 2.55. The van der Waals surface area contributed by atoms with Crippen molar-refractivity contribution in [3.63, 3.8) is 0 Å². The minimum atomic E-state index is -0.668. The molecule has 2 aromatic rings. The van der Waals surface area contributed by atoms with E-state index in [1.54, 1.807) is 12.1 Å². The van der Waals surface area contributed by atoms with Gasteiger partial charge in [-0.2, -0.15) is 5.10 Å². The van der Waals surface area contributed by atoms with Crippen LogP contribution in [0.4, 0.5) is 5.69 Å². The Balaban J connectivity index is 2.19. The molecule has 0 aliphatic heterocycles. The molecule has 0 spiro atoms. The molecule has 0 atom stereocenters. The maximum atomic E-state index is 12.1. The van der Waals surface area contributed by atoms with Gasteiger partial charge in [-0.25, -0.2) is 5.43 Å². The van der Waals surface area contributed by atoms with Crippen molar-refractivity contribution in [2.75, 3.05) is 21.3 Å². The van der Waals surface area contributed by atoms with Crippen molar-refractivity contribution in [2.24, 2.45) is 5.10 Å². The number of nitro groups is 1. The Morgan fingerprint density at radius 3 is 2.30 bits per heavy atom. The van der Waals surface area contributed by atoms with E-state index in [4.69, 9.17) is 25.8 Å². The summed E-state index contributed by atoms with van der Waals surface area (Å²) in [4.78, 5) is 22.3. The molecule has 2 rings (SSSR count). The zero-order valence-electron chi connectivity index (χ0n) is 14.7. The summed E-state index contributed by atoms with van der Waals surface area (Å²) in [6.45, 7) is 0. The minimum absolute atomic E-state index is 0.0492. The molecular weight excluding hydrogens is 378 g/mol. The fraction of sp³-hybridized carbons (Fsp3) is 0.176. The maximum Gasteiger partial charge on any atom is 0.288 e. The third kappa shape index (κ3) is 4.64. The van der Waals surface area contributed by atoms with E-state index in [-0.39, 0.29) is 16.3 Å². The van der Waals surface area contributed by atoms with Crippen LogP contribution in [0.25, 0.3) is 0 Å². The molecule has 0 saturated carbocycles. The topological polar surface area (TPSA) is 112 Å². The lowest BCUT2D eigenvalue weighted by molar-refractivity contribution is -0.384. The van der Waals surface area contributed by atoms with Gasteiger partial charge in [-0.15, -0.1) is 0 Å². The molecule has 0 radical (unpaired) electrons. The smallest absolute Gasteiger partial charge is 0.288 e. The van der Waals surface area contributed by atoms with Crippen LogP contribution in [0, 0.1) is 10.1 Å². The summed E-state index contributed by atoms with van der Waals surface area (Å²) in [7, 11) is 4.44. The van der Waals surface area contributed by atoms with Crippen LogP contribution in [0.5, 0.6) is 17.2 Å². The first-order valence-electron chi connectivity index (χ1n) is 7.48. The third-order valence-electron chi connectivity index (χ3n) is 3.47. The van der Waals surface area contributed by atoms with Gasteiger partial charge in [-0.3, -0.25) is 14.9 Å². The zero-order chi connectivity index (χ0) is 20.0. The Morgan fingerprint density at radius 1 is 1.15 bits per heavy atom. The van der Waals surface area contributed by atoms with Gasteiger partial charge in [-0.05, 0) is 24.3 Å². The quantitative estimate of drug-likeness (QED) is 0.439. The molecule has 0 unspecified atom stereocenters. The van der Waals surface area contributed by atoms with E-state index in [1.807, 2.05) is 0 Å². The second kappa shape index (κ2) is 8.86. The number of nitrogens with zero attached hydrogens (tertiary/aromatic N) is 2. The fourth-order valence-corrected chi connectivity index (χ4v) is 2.39. The largest absolute Gasteiger partial charge is 0.493 e. The standard InChI is InChI=1S/C17H16ClN3O6/c1-25-14-6-10(7-15(26-2)16(14)27-3)9-19-20-17(22)11-4-5-12(18)13(8-11)21(23)24/h4-9H,1-3H3,(H,20,22)/b19-9+. The van der Waals surface area contributed by atoms with Crippen LogP contribution in [0.1, 0.15) is 15.9 Å². The number of ether oxygens (including phenoxy) is 3. The van der Waals surface area contributed by atoms with Gasteiger partial charge in [0.15, 0.2) is 11.5 Å². The van der Waals surface area contributed by atoms with Gasteiger partial charge in [0.05, 0.1) is 32.5 Å². The highest BCUT2D eigenvalue weighted by atomic mass is 35.5. The second-order valence-electron chi connectivity index (χ2n) is 5.08. The Bertz CT molecular complexity index is 875. The van der Waals surface area contributed by atoms with Crippen molar-refractivity contribution in [3.8, 4) is 17.2 Å². The number of hydrogen-bond acceptors (Lipinski definition) is 7. The molecule has 142 valence electrons. The van der Waals surface area contributed by atoms with Crippen molar-refractivity contribution >= 4 is 29.4 Å². The van der Waals surface area contributed by atoms with Crippen LogP contribution >= 0.6 is 11.6 Å². The fourth-order valence-electron chi connectivity index (χ4n) is 2.20.